The molecule has 1 aromatic carbocycles. The zero-order chi connectivity index (χ0) is 9.30. The van der Waals surface area contributed by atoms with E-state index < -0.39 is 0 Å². The minimum absolute atomic E-state index is 0.0463. The molecule has 0 amide bonds. The number of nitrogens with two attached hydrogens (primary N) is 1. The number of carbonyl (C=O) groups is 1. The number of hydrogen-bond donors (Lipinski definition) is 1. The maximum absolute atomic E-state index is 11.1. The Labute approximate surface area is 79.9 Å². The first-order valence-corrected chi connectivity index (χ1v) is 4.39. The fourth-order valence-electron chi connectivity index (χ4n) is 0.972. The SMILES string of the molecule is CC(=O)c1ccc(N)c(C)c1Br. The highest BCUT2D eigenvalue weighted by molar-refractivity contribution is 9.10. The number of Topliss-reactive ketones (excluding diaryl/α,β-unsaturated/α-hetero) is 1. The molecule has 0 unspecified atom stereocenters. The van der Waals surface area contributed by atoms with Gasteiger partial charge in [0.05, 0.1) is 0 Å². The van der Waals surface area contributed by atoms with Crippen molar-refractivity contribution < 1.29 is 4.79 Å². The number of benzene rings is 1. The van der Waals surface area contributed by atoms with Gasteiger partial charge >= 0.3 is 0 Å². The highest BCUT2D eigenvalue weighted by Gasteiger charge is 2.08. The fraction of sp³-hybridized carbons (Fsp3) is 0.222. The van der Waals surface area contributed by atoms with Crippen molar-refractivity contribution in [2.24, 2.45) is 0 Å². The quantitative estimate of drug-likeness (QED) is 0.592. The largest absolute Gasteiger partial charge is 0.398 e. The molecule has 2 N–H and O–H groups in total. The van der Waals surface area contributed by atoms with Crippen molar-refractivity contribution in [1.29, 1.82) is 0 Å². The molecular weight excluding hydrogens is 218 g/mol. The van der Waals surface area contributed by atoms with Crippen LogP contribution in [0.3, 0.4) is 0 Å². The minimum Gasteiger partial charge on any atom is -0.398 e. The van der Waals surface area contributed by atoms with Crippen molar-refractivity contribution in [3.8, 4) is 0 Å². The molecule has 0 aliphatic rings. The van der Waals surface area contributed by atoms with Crippen LogP contribution in [0.25, 0.3) is 0 Å². The summed E-state index contributed by atoms with van der Waals surface area (Å²) in [6.07, 6.45) is 0. The smallest absolute Gasteiger partial charge is 0.160 e. The van der Waals surface area contributed by atoms with E-state index in [1.165, 1.54) is 6.92 Å². The highest BCUT2D eigenvalue weighted by atomic mass is 79.9. The Morgan fingerprint density at radius 2 is 2.08 bits per heavy atom. The lowest BCUT2D eigenvalue weighted by Crippen LogP contribution is -1.98. The molecule has 0 radical (unpaired) electrons. The van der Waals surface area contributed by atoms with Gasteiger partial charge in [-0.25, -0.2) is 0 Å². The molecule has 0 heterocycles. The van der Waals surface area contributed by atoms with Gasteiger partial charge in [-0.05, 0) is 47.5 Å². The van der Waals surface area contributed by atoms with Crippen LogP contribution in [-0.2, 0) is 0 Å². The average Bonchev–Trinajstić information content (AvgIpc) is 2.00. The van der Waals surface area contributed by atoms with Crippen molar-refractivity contribution >= 4 is 27.4 Å². The van der Waals surface area contributed by atoms with Gasteiger partial charge < -0.3 is 5.73 Å². The predicted octanol–water partition coefficient (Wildman–Crippen LogP) is 2.54. The van der Waals surface area contributed by atoms with Crippen LogP contribution in [0.1, 0.15) is 22.8 Å². The third kappa shape index (κ3) is 1.50. The lowest BCUT2D eigenvalue weighted by atomic mass is 10.1. The molecule has 1 rings (SSSR count). The van der Waals surface area contributed by atoms with Gasteiger partial charge in [-0.15, -0.1) is 0 Å². The first-order chi connectivity index (χ1) is 5.54. The second kappa shape index (κ2) is 3.27. The molecular formula is C9H10BrNO. The Bertz CT molecular complexity index is 334. The molecule has 0 atom stereocenters. The number of carbonyl (C=O) groups excluding carboxylic acids is 1. The standard InChI is InChI=1S/C9H10BrNO/c1-5-8(11)4-3-7(6(2)12)9(5)10/h3-4H,11H2,1-2H3. The molecule has 12 heavy (non-hydrogen) atoms. The van der Waals surface area contributed by atoms with Crippen LogP contribution < -0.4 is 5.73 Å². The monoisotopic (exact) mass is 227 g/mol. The molecule has 2 nitrogen and oxygen atoms in total. The first-order valence-electron chi connectivity index (χ1n) is 3.59. The number of anilines is 1. The second-order valence-electron chi connectivity index (χ2n) is 2.70. The molecule has 0 aliphatic heterocycles. The first kappa shape index (κ1) is 9.26. The van der Waals surface area contributed by atoms with Gasteiger partial charge in [0.15, 0.2) is 5.78 Å². The minimum atomic E-state index is 0.0463. The van der Waals surface area contributed by atoms with E-state index in [0.29, 0.717) is 11.3 Å². The molecule has 3 heteroatoms. The van der Waals surface area contributed by atoms with Crippen LogP contribution in [0, 0.1) is 6.92 Å². The number of rotatable bonds is 1. The molecule has 0 saturated carbocycles. The lowest BCUT2D eigenvalue weighted by molar-refractivity contribution is 0.101. The summed E-state index contributed by atoms with van der Waals surface area (Å²) in [4.78, 5) is 11.1. The van der Waals surface area contributed by atoms with E-state index in [0.717, 1.165) is 10.0 Å². The molecule has 1 aromatic rings. The van der Waals surface area contributed by atoms with E-state index in [1.807, 2.05) is 6.92 Å². The maximum atomic E-state index is 11.1. The van der Waals surface area contributed by atoms with Crippen LogP contribution in [0.15, 0.2) is 16.6 Å². The summed E-state index contributed by atoms with van der Waals surface area (Å²) in [5.41, 5.74) is 7.95. The third-order valence-electron chi connectivity index (χ3n) is 1.81. The number of ketones is 1. The predicted molar refractivity (Wildman–Crippen MR) is 53.3 cm³/mol. The van der Waals surface area contributed by atoms with E-state index >= 15 is 0 Å². The van der Waals surface area contributed by atoms with Gasteiger partial charge in [0.25, 0.3) is 0 Å². The maximum Gasteiger partial charge on any atom is 0.160 e. The van der Waals surface area contributed by atoms with E-state index in [2.05, 4.69) is 15.9 Å². The van der Waals surface area contributed by atoms with Gasteiger partial charge in [0.2, 0.25) is 0 Å². The van der Waals surface area contributed by atoms with E-state index in [1.54, 1.807) is 12.1 Å². The summed E-state index contributed by atoms with van der Waals surface area (Å²) in [5.74, 6) is 0.0463. The van der Waals surface area contributed by atoms with Gasteiger partial charge in [0.1, 0.15) is 0 Å². The van der Waals surface area contributed by atoms with Crippen molar-refractivity contribution in [1.82, 2.24) is 0 Å². The summed E-state index contributed by atoms with van der Waals surface area (Å²) in [6.45, 7) is 3.42. The van der Waals surface area contributed by atoms with E-state index in [4.69, 9.17) is 5.73 Å². The number of hydrogen-bond acceptors (Lipinski definition) is 2. The van der Waals surface area contributed by atoms with Crippen molar-refractivity contribution in [2.45, 2.75) is 13.8 Å². The number of halogens is 1. The van der Waals surface area contributed by atoms with E-state index in [-0.39, 0.29) is 5.78 Å². The zero-order valence-electron chi connectivity index (χ0n) is 7.02. The highest BCUT2D eigenvalue weighted by Crippen LogP contribution is 2.26. The van der Waals surface area contributed by atoms with E-state index in [9.17, 15) is 4.79 Å². The molecule has 0 aromatic heterocycles. The van der Waals surface area contributed by atoms with Gasteiger partial charge in [-0.2, -0.15) is 0 Å². The fourth-order valence-corrected chi connectivity index (χ4v) is 1.61. The van der Waals surface area contributed by atoms with Crippen molar-refractivity contribution in [3.63, 3.8) is 0 Å². The van der Waals surface area contributed by atoms with Crippen LogP contribution in [0.2, 0.25) is 0 Å². The third-order valence-corrected chi connectivity index (χ3v) is 2.83. The van der Waals surface area contributed by atoms with Crippen molar-refractivity contribution in [2.75, 3.05) is 5.73 Å². The summed E-state index contributed by atoms with van der Waals surface area (Å²) in [7, 11) is 0. The number of nitrogen functional groups attached to an aromatic ring is 1. The molecule has 0 aliphatic carbocycles. The second-order valence-corrected chi connectivity index (χ2v) is 3.49. The normalized spacial score (nSPS) is 9.92. The van der Waals surface area contributed by atoms with Gasteiger partial charge in [-0.3, -0.25) is 4.79 Å². The Morgan fingerprint density at radius 3 is 2.58 bits per heavy atom. The molecule has 0 fully saturated rings. The average molecular weight is 228 g/mol. The Kier molecular flexibility index (Phi) is 2.52. The Balaban J connectivity index is 3.36. The molecule has 0 saturated heterocycles. The Morgan fingerprint density at radius 1 is 1.50 bits per heavy atom. The summed E-state index contributed by atoms with van der Waals surface area (Å²) in [5, 5.41) is 0. The van der Waals surface area contributed by atoms with Gasteiger partial charge in [0, 0.05) is 15.7 Å². The van der Waals surface area contributed by atoms with Crippen LogP contribution in [0.5, 0.6) is 0 Å². The van der Waals surface area contributed by atoms with Gasteiger partial charge in [-0.1, -0.05) is 0 Å². The summed E-state index contributed by atoms with van der Waals surface area (Å²) >= 11 is 3.33. The topological polar surface area (TPSA) is 43.1 Å². The van der Waals surface area contributed by atoms with Crippen LogP contribution >= 0.6 is 15.9 Å². The molecule has 0 spiro atoms. The van der Waals surface area contributed by atoms with Crippen LogP contribution in [-0.4, -0.2) is 5.78 Å². The lowest BCUT2D eigenvalue weighted by Gasteiger charge is -2.06. The molecule has 0 bridgehead atoms. The Hall–Kier alpha value is -0.830. The molecule has 64 valence electrons. The summed E-state index contributed by atoms with van der Waals surface area (Å²) in [6, 6.07) is 3.48. The van der Waals surface area contributed by atoms with Crippen LogP contribution in [0.4, 0.5) is 5.69 Å². The van der Waals surface area contributed by atoms with Crippen molar-refractivity contribution in [3.05, 3.63) is 27.7 Å². The summed E-state index contributed by atoms with van der Waals surface area (Å²) < 4.78 is 0.801. The zero-order valence-corrected chi connectivity index (χ0v) is 8.60.